The smallest absolute Gasteiger partial charge is 0.144 e. The topological polar surface area (TPSA) is 68.9 Å². The molecule has 0 spiro atoms. The van der Waals surface area contributed by atoms with Gasteiger partial charge in [-0.05, 0) is 56.1 Å². The number of rotatable bonds is 3. The molecule has 2 unspecified atom stereocenters. The van der Waals surface area contributed by atoms with Gasteiger partial charge in [0.25, 0.3) is 0 Å². The second-order valence-electron chi connectivity index (χ2n) is 5.67. The Morgan fingerprint density at radius 2 is 2.32 bits per heavy atom. The van der Waals surface area contributed by atoms with E-state index in [-0.39, 0.29) is 6.10 Å². The first-order chi connectivity index (χ1) is 9.26. The van der Waals surface area contributed by atoms with Crippen LogP contribution in [-0.2, 0) is 12.8 Å². The summed E-state index contributed by atoms with van der Waals surface area (Å²) in [6.07, 6.45) is 5.89. The summed E-state index contributed by atoms with van der Waals surface area (Å²) < 4.78 is 0. The predicted octanol–water partition coefficient (Wildman–Crippen LogP) is 2.01. The Morgan fingerprint density at radius 3 is 3.05 bits per heavy atom. The molecule has 2 aliphatic rings. The molecule has 1 aromatic heterocycles. The molecule has 0 aliphatic heterocycles. The highest BCUT2D eigenvalue weighted by atomic mass is 16.3. The Kier molecular flexibility index (Phi) is 3.39. The highest BCUT2D eigenvalue weighted by Crippen LogP contribution is 2.28. The molecule has 0 radical (unpaired) electrons. The van der Waals surface area contributed by atoms with Gasteiger partial charge in [0.15, 0.2) is 0 Å². The van der Waals surface area contributed by atoms with E-state index < -0.39 is 0 Å². The molecule has 0 aromatic carbocycles. The molecule has 0 saturated heterocycles. The number of fused-ring (bicyclic) bond motifs is 1. The summed E-state index contributed by atoms with van der Waals surface area (Å²) in [5, 5.41) is 22.1. The lowest BCUT2D eigenvalue weighted by atomic mass is 10.1. The number of aliphatic hydroxyl groups excluding tert-OH is 1. The number of nitrogens with one attached hydrogen (secondary N) is 1. The van der Waals surface area contributed by atoms with Crippen LogP contribution in [0.25, 0.3) is 0 Å². The van der Waals surface area contributed by atoms with Gasteiger partial charge in [0.1, 0.15) is 11.9 Å². The standard InChI is InChI=1S/C15H19N3O/c16-8-12-7-11-2-1-3-14(11)18-15(12)17-9-10-4-5-13(19)6-10/h7,10,13,19H,1-6,9H2,(H,17,18). The Labute approximate surface area is 113 Å². The molecule has 4 nitrogen and oxygen atoms in total. The molecule has 100 valence electrons. The summed E-state index contributed by atoms with van der Waals surface area (Å²) in [7, 11) is 0. The van der Waals surface area contributed by atoms with Crippen LogP contribution in [0.5, 0.6) is 0 Å². The molecule has 19 heavy (non-hydrogen) atoms. The number of aliphatic hydroxyl groups is 1. The molecule has 2 atom stereocenters. The molecule has 1 fully saturated rings. The molecular formula is C15H19N3O. The number of aromatic nitrogens is 1. The zero-order chi connectivity index (χ0) is 13.2. The van der Waals surface area contributed by atoms with Crippen molar-refractivity contribution in [2.24, 2.45) is 5.92 Å². The number of aryl methyl sites for hydroxylation is 2. The second-order valence-corrected chi connectivity index (χ2v) is 5.67. The minimum atomic E-state index is -0.143. The summed E-state index contributed by atoms with van der Waals surface area (Å²) in [5.41, 5.74) is 3.03. The third kappa shape index (κ3) is 2.57. The molecule has 0 amide bonds. The maximum atomic E-state index is 9.53. The predicted molar refractivity (Wildman–Crippen MR) is 72.8 cm³/mol. The first-order valence-corrected chi connectivity index (χ1v) is 7.11. The van der Waals surface area contributed by atoms with Gasteiger partial charge in [0.05, 0.1) is 11.7 Å². The third-order valence-electron chi connectivity index (χ3n) is 4.24. The second kappa shape index (κ2) is 5.18. The zero-order valence-electron chi connectivity index (χ0n) is 11.0. The summed E-state index contributed by atoms with van der Waals surface area (Å²) in [6, 6.07) is 4.22. The monoisotopic (exact) mass is 257 g/mol. The summed E-state index contributed by atoms with van der Waals surface area (Å²) in [6.45, 7) is 0.803. The fourth-order valence-electron chi connectivity index (χ4n) is 3.17. The first-order valence-electron chi connectivity index (χ1n) is 7.11. The lowest BCUT2D eigenvalue weighted by Gasteiger charge is -2.13. The van der Waals surface area contributed by atoms with Crippen LogP contribution < -0.4 is 5.32 Å². The van der Waals surface area contributed by atoms with Crippen molar-refractivity contribution in [1.82, 2.24) is 4.98 Å². The quantitative estimate of drug-likeness (QED) is 0.869. The van der Waals surface area contributed by atoms with Gasteiger partial charge in [0, 0.05) is 12.2 Å². The Hall–Kier alpha value is -1.60. The molecular weight excluding hydrogens is 238 g/mol. The average Bonchev–Trinajstić information content (AvgIpc) is 3.03. The van der Waals surface area contributed by atoms with Crippen molar-refractivity contribution in [3.63, 3.8) is 0 Å². The van der Waals surface area contributed by atoms with Crippen LogP contribution in [0.2, 0.25) is 0 Å². The molecule has 2 N–H and O–H groups in total. The summed E-state index contributed by atoms with van der Waals surface area (Å²) >= 11 is 0. The molecule has 4 heteroatoms. The van der Waals surface area contributed by atoms with E-state index in [1.807, 2.05) is 6.07 Å². The number of hydrogen-bond donors (Lipinski definition) is 2. The minimum Gasteiger partial charge on any atom is -0.393 e. The van der Waals surface area contributed by atoms with E-state index >= 15 is 0 Å². The lowest BCUT2D eigenvalue weighted by molar-refractivity contribution is 0.178. The molecule has 1 aromatic rings. The normalized spacial score (nSPS) is 25.1. The van der Waals surface area contributed by atoms with Crippen LogP contribution in [0.4, 0.5) is 5.82 Å². The summed E-state index contributed by atoms with van der Waals surface area (Å²) in [4.78, 5) is 4.61. The van der Waals surface area contributed by atoms with Crippen molar-refractivity contribution in [3.05, 3.63) is 22.9 Å². The highest BCUT2D eigenvalue weighted by molar-refractivity contribution is 5.55. The molecule has 1 heterocycles. The van der Waals surface area contributed by atoms with Gasteiger partial charge < -0.3 is 10.4 Å². The number of nitriles is 1. The van der Waals surface area contributed by atoms with E-state index in [9.17, 15) is 10.4 Å². The minimum absolute atomic E-state index is 0.143. The highest BCUT2D eigenvalue weighted by Gasteiger charge is 2.23. The van der Waals surface area contributed by atoms with E-state index in [0.717, 1.165) is 56.6 Å². The maximum Gasteiger partial charge on any atom is 0.144 e. The van der Waals surface area contributed by atoms with Crippen molar-refractivity contribution in [1.29, 1.82) is 5.26 Å². The Balaban J connectivity index is 1.72. The van der Waals surface area contributed by atoms with Crippen molar-refractivity contribution in [2.75, 3.05) is 11.9 Å². The largest absolute Gasteiger partial charge is 0.393 e. The number of pyridine rings is 1. The maximum absolute atomic E-state index is 9.53. The van der Waals surface area contributed by atoms with Crippen LogP contribution in [0, 0.1) is 17.2 Å². The molecule has 0 bridgehead atoms. The van der Waals surface area contributed by atoms with Crippen LogP contribution in [-0.4, -0.2) is 22.7 Å². The molecule has 1 saturated carbocycles. The van der Waals surface area contributed by atoms with Crippen molar-refractivity contribution < 1.29 is 5.11 Å². The van der Waals surface area contributed by atoms with Crippen LogP contribution in [0.1, 0.15) is 42.5 Å². The van der Waals surface area contributed by atoms with E-state index in [1.165, 1.54) is 5.56 Å². The Bertz CT molecular complexity index is 521. The molecule has 3 rings (SSSR count). The van der Waals surface area contributed by atoms with Crippen molar-refractivity contribution in [3.8, 4) is 6.07 Å². The van der Waals surface area contributed by atoms with E-state index in [4.69, 9.17) is 0 Å². The fourth-order valence-corrected chi connectivity index (χ4v) is 3.17. The van der Waals surface area contributed by atoms with Crippen LogP contribution >= 0.6 is 0 Å². The third-order valence-corrected chi connectivity index (χ3v) is 4.24. The van der Waals surface area contributed by atoms with E-state index in [1.54, 1.807) is 0 Å². The van der Waals surface area contributed by atoms with Gasteiger partial charge in [-0.15, -0.1) is 0 Å². The lowest BCUT2D eigenvalue weighted by Crippen LogP contribution is -2.14. The van der Waals surface area contributed by atoms with Crippen LogP contribution in [0.15, 0.2) is 6.07 Å². The van der Waals surface area contributed by atoms with Gasteiger partial charge in [-0.25, -0.2) is 4.98 Å². The number of anilines is 1. The van der Waals surface area contributed by atoms with Gasteiger partial charge in [-0.1, -0.05) is 0 Å². The van der Waals surface area contributed by atoms with E-state index in [0.29, 0.717) is 11.5 Å². The van der Waals surface area contributed by atoms with Gasteiger partial charge in [-0.3, -0.25) is 0 Å². The first kappa shape index (κ1) is 12.4. The Morgan fingerprint density at radius 1 is 1.42 bits per heavy atom. The average molecular weight is 257 g/mol. The fraction of sp³-hybridized carbons (Fsp3) is 0.600. The zero-order valence-corrected chi connectivity index (χ0v) is 11.0. The van der Waals surface area contributed by atoms with Crippen molar-refractivity contribution >= 4 is 5.82 Å². The number of hydrogen-bond acceptors (Lipinski definition) is 4. The SMILES string of the molecule is N#Cc1cc2c(nc1NCC1CCC(O)C1)CCC2. The van der Waals surface area contributed by atoms with Gasteiger partial charge in [0.2, 0.25) is 0 Å². The van der Waals surface area contributed by atoms with Gasteiger partial charge in [-0.2, -0.15) is 5.26 Å². The summed E-state index contributed by atoms with van der Waals surface area (Å²) in [5.74, 6) is 1.22. The molecule has 2 aliphatic carbocycles. The van der Waals surface area contributed by atoms with Crippen molar-refractivity contribution in [2.45, 2.75) is 44.6 Å². The number of nitrogens with zero attached hydrogens (tertiary/aromatic N) is 2. The van der Waals surface area contributed by atoms with Gasteiger partial charge >= 0.3 is 0 Å². The van der Waals surface area contributed by atoms with Crippen LogP contribution in [0.3, 0.4) is 0 Å². The van der Waals surface area contributed by atoms with E-state index in [2.05, 4.69) is 16.4 Å².